The number of likely N-dealkylation sites (tertiary alicyclic amines) is 1. The van der Waals surface area contributed by atoms with E-state index in [1.54, 1.807) is 18.2 Å². The number of aromatic nitrogens is 2. The first-order chi connectivity index (χ1) is 25.8. The van der Waals surface area contributed by atoms with Gasteiger partial charge in [0.25, 0.3) is 0 Å². The van der Waals surface area contributed by atoms with E-state index in [9.17, 15) is 4.79 Å². The molecule has 1 spiro atoms. The predicted molar refractivity (Wildman–Crippen MR) is 200 cm³/mol. The van der Waals surface area contributed by atoms with Gasteiger partial charge in [-0.3, -0.25) is 0 Å². The van der Waals surface area contributed by atoms with E-state index in [1.165, 1.54) is 19.6 Å². The zero-order chi connectivity index (χ0) is 36.3. The summed E-state index contributed by atoms with van der Waals surface area (Å²) >= 11 is 0. The second kappa shape index (κ2) is 13.5. The molecule has 2 atom stereocenters. The lowest BCUT2D eigenvalue weighted by Gasteiger charge is -2.51. The highest BCUT2D eigenvalue weighted by Crippen LogP contribution is 2.53. The molecule has 3 heterocycles. The van der Waals surface area contributed by atoms with Gasteiger partial charge in [0.2, 0.25) is 0 Å². The van der Waals surface area contributed by atoms with Crippen molar-refractivity contribution in [3.63, 3.8) is 0 Å². The number of hydrogen-bond acceptors (Lipinski definition) is 8. The Kier molecular flexibility index (Phi) is 8.78. The van der Waals surface area contributed by atoms with Gasteiger partial charge in [-0.25, -0.2) is 8.78 Å². The van der Waals surface area contributed by atoms with E-state index in [-0.39, 0.29) is 40.8 Å². The molecule has 4 aromatic rings. The number of nitrogens with zero attached hydrogens (tertiary/aromatic N) is 4. The number of aldehydes is 1. The quantitative estimate of drug-likeness (QED) is 0.0884. The summed E-state index contributed by atoms with van der Waals surface area (Å²) < 4.78 is 51.2. The number of carbonyl (C=O) groups is 1. The molecular weight excluding hydrogens is 674 g/mol. The molecule has 2 bridgehead atoms. The molecule has 1 aromatic heterocycles. The van der Waals surface area contributed by atoms with Gasteiger partial charge in [-0.1, -0.05) is 18.1 Å². The number of terminal acetylenes is 1. The first-order valence-corrected chi connectivity index (χ1v) is 19.2. The van der Waals surface area contributed by atoms with Gasteiger partial charge in [0, 0.05) is 60.0 Å². The molecule has 0 N–H and O–H groups in total. The lowest BCUT2D eigenvalue weighted by Crippen LogP contribution is -2.49. The van der Waals surface area contributed by atoms with E-state index in [0.717, 1.165) is 90.4 Å². The number of halogens is 2. The highest BCUT2D eigenvalue weighted by molar-refractivity contribution is 6.04. The number of hydrogen-bond donors (Lipinski definition) is 0. The lowest BCUT2D eigenvalue weighted by atomic mass is 9.58. The van der Waals surface area contributed by atoms with Crippen molar-refractivity contribution in [1.29, 1.82) is 0 Å². The van der Waals surface area contributed by atoms with Crippen LogP contribution >= 0.6 is 0 Å². The van der Waals surface area contributed by atoms with Crippen molar-refractivity contribution >= 4 is 33.8 Å². The zero-order valence-electron chi connectivity index (χ0n) is 30.3. The molecule has 10 heteroatoms. The van der Waals surface area contributed by atoms with Crippen LogP contribution in [0.3, 0.4) is 0 Å². The summed E-state index contributed by atoms with van der Waals surface area (Å²) in [5.74, 6) is 3.41. The molecule has 5 aliphatic rings. The van der Waals surface area contributed by atoms with E-state index in [2.05, 4.69) is 15.7 Å². The molecule has 276 valence electrons. The van der Waals surface area contributed by atoms with Crippen molar-refractivity contribution in [2.24, 2.45) is 28.6 Å². The molecule has 2 aliphatic heterocycles. The summed E-state index contributed by atoms with van der Waals surface area (Å²) in [6.07, 6.45) is 17.0. The van der Waals surface area contributed by atoms with Gasteiger partial charge < -0.3 is 28.8 Å². The van der Waals surface area contributed by atoms with Crippen LogP contribution in [0, 0.1) is 52.6 Å². The van der Waals surface area contributed by atoms with Crippen molar-refractivity contribution in [3.8, 4) is 35.2 Å². The second-order valence-electron chi connectivity index (χ2n) is 16.7. The van der Waals surface area contributed by atoms with Crippen LogP contribution in [0.25, 0.3) is 32.8 Å². The summed E-state index contributed by atoms with van der Waals surface area (Å²) in [7, 11) is 1.51. The van der Waals surface area contributed by atoms with Gasteiger partial charge in [-0.15, -0.1) is 6.42 Å². The maximum absolute atomic E-state index is 17.2. The molecule has 2 saturated heterocycles. The minimum Gasteiger partial charge on any atom is -0.468 e. The molecule has 3 aromatic carbocycles. The van der Waals surface area contributed by atoms with Gasteiger partial charge in [0.1, 0.15) is 29.2 Å². The van der Waals surface area contributed by atoms with Crippen LogP contribution in [0.4, 0.5) is 14.6 Å². The first-order valence-electron chi connectivity index (χ1n) is 19.2. The molecule has 3 aliphatic carbocycles. The Balaban J connectivity index is 1.07. The largest absolute Gasteiger partial charge is 0.468 e. The number of benzene rings is 3. The van der Waals surface area contributed by atoms with Crippen molar-refractivity contribution in [2.45, 2.75) is 57.8 Å². The van der Waals surface area contributed by atoms with Crippen LogP contribution in [0.2, 0.25) is 0 Å². The van der Waals surface area contributed by atoms with Gasteiger partial charge in [-0.05, 0) is 118 Å². The molecule has 3 saturated carbocycles. The maximum Gasteiger partial charge on any atom is 0.319 e. The summed E-state index contributed by atoms with van der Waals surface area (Å²) in [6.45, 7) is 4.99. The van der Waals surface area contributed by atoms with Crippen molar-refractivity contribution < 1.29 is 27.8 Å². The SMILES string of the molecule is C#Cc1cccc2cc(OCOC)cc(-c3c(F)cc4c(N5CC6CCC(C6)C5)nc(OCC5(CN6CCC7(CC6)CC(C=O)C7)CC5)nc4c3F)c12. The topological polar surface area (TPSA) is 77.0 Å². The average molecular weight is 721 g/mol. The highest BCUT2D eigenvalue weighted by Gasteiger charge is 2.49. The fourth-order valence-corrected chi connectivity index (χ4v) is 9.98. The number of fused-ring (bicyclic) bond motifs is 4. The number of ether oxygens (including phenoxy) is 3. The first kappa shape index (κ1) is 34.4. The average Bonchev–Trinajstić information content (AvgIpc) is 3.84. The van der Waals surface area contributed by atoms with E-state index in [4.69, 9.17) is 30.6 Å². The zero-order valence-corrected chi connectivity index (χ0v) is 30.3. The summed E-state index contributed by atoms with van der Waals surface area (Å²) in [5.41, 5.74) is 0.944. The van der Waals surface area contributed by atoms with Crippen LogP contribution in [-0.4, -0.2) is 74.4 Å². The molecule has 2 unspecified atom stereocenters. The number of piperidine rings is 2. The maximum atomic E-state index is 17.2. The van der Waals surface area contributed by atoms with Crippen LogP contribution in [0.1, 0.15) is 63.4 Å². The Bertz CT molecular complexity index is 2100. The summed E-state index contributed by atoms with van der Waals surface area (Å²) in [6, 6.07) is 10.3. The number of methoxy groups -OCH3 is 1. The fourth-order valence-electron chi connectivity index (χ4n) is 9.98. The van der Waals surface area contributed by atoms with Gasteiger partial charge >= 0.3 is 6.01 Å². The third-order valence-corrected chi connectivity index (χ3v) is 13.0. The van der Waals surface area contributed by atoms with E-state index in [0.29, 0.717) is 57.1 Å². The normalized spacial score (nSPS) is 23.2. The smallest absolute Gasteiger partial charge is 0.319 e. The van der Waals surface area contributed by atoms with Crippen LogP contribution < -0.4 is 14.4 Å². The molecule has 9 rings (SSSR count). The van der Waals surface area contributed by atoms with Crippen LogP contribution in [-0.2, 0) is 9.53 Å². The number of rotatable bonds is 11. The number of carbonyl (C=O) groups excluding carboxylic acids is 1. The second-order valence-corrected chi connectivity index (χ2v) is 16.7. The van der Waals surface area contributed by atoms with Crippen LogP contribution in [0.15, 0.2) is 36.4 Å². The molecule has 5 fully saturated rings. The minimum absolute atomic E-state index is 0.00214. The van der Waals surface area contributed by atoms with Crippen molar-refractivity contribution in [2.75, 3.05) is 58.1 Å². The van der Waals surface area contributed by atoms with E-state index < -0.39 is 11.6 Å². The Morgan fingerprint density at radius 2 is 1.79 bits per heavy atom. The standard InChI is InChI=1S/C43H46F2N4O4/c1-3-30-5-4-6-31-16-32(53-26-51-2)17-33(36(30)31)37-35(44)18-34-39(38(37)45)46-41(47-40(34)49-21-27-7-8-28(15-27)22-49)52-25-43(9-10-43)24-48-13-11-42(12-14-48)19-29(20-42)23-50/h1,4-6,16-18,23,27-29H,7-15,19-22,24-26H2,2H3. The molecule has 0 amide bonds. The van der Waals surface area contributed by atoms with Crippen molar-refractivity contribution in [1.82, 2.24) is 14.9 Å². The summed E-state index contributed by atoms with van der Waals surface area (Å²) in [5, 5.41) is 1.58. The third-order valence-electron chi connectivity index (χ3n) is 13.0. The fraction of sp³-hybridized carbons (Fsp3) is 0.512. The monoisotopic (exact) mass is 720 g/mol. The Hall–Kier alpha value is -4.33. The van der Waals surface area contributed by atoms with E-state index >= 15 is 8.78 Å². The number of anilines is 1. The van der Waals surface area contributed by atoms with E-state index in [1.807, 2.05) is 12.1 Å². The lowest BCUT2D eigenvalue weighted by molar-refractivity contribution is -0.120. The van der Waals surface area contributed by atoms with Gasteiger partial charge in [0.15, 0.2) is 12.6 Å². The predicted octanol–water partition coefficient (Wildman–Crippen LogP) is 7.78. The van der Waals surface area contributed by atoms with Gasteiger partial charge in [0.05, 0.1) is 12.2 Å². The Morgan fingerprint density at radius 1 is 1.02 bits per heavy atom. The highest BCUT2D eigenvalue weighted by atomic mass is 19.1. The Labute approximate surface area is 309 Å². The molecular formula is C43H46F2N4O4. The Morgan fingerprint density at radius 3 is 2.49 bits per heavy atom. The van der Waals surface area contributed by atoms with Gasteiger partial charge in [-0.2, -0.15) is 9.97 Å². The van der Waals surface area contributed by atoms with Crippen molar-refractivity contribution in [3.05, 3.63) is 53.6 Å². The molecule has 0 radical (unpaired) electrons. The van der Waals surface area contributed by atoms with Crippen LogP contribution in [0.5, 0.6) is 11.8 Å². The molecule has 8 nitrogen and oxygen atoms in total. The summed E-state index contributed by atoms with van der Waals surface area (Å²) in [4.78, 5) is 25.6. The minimum atomic E-state index is -0.790. The third kappa shape index (κ3) is 6.40. The molecule has 53 heavy (non-hydrogen) atoms.